The van der Waals surface area contributed by atoms with E-state index in [0.717, 1.165) is 23.2 Å². The van der Waals surface area contributed by atoms with Crippen LogP contribution in [0.25, 0.3) is 11.3 Å². The van der Waals surface area contributed by atoms with E-state index in [0.29, 0.717) is 11.6 Å². The summed E-state index contributed by atoms with van der Waals surface area (Å²) in [4.78, 5) is 25.0. The molecule has 0 aliphatic carbocycles. The predicted molar refractivity (Wildman–Crippen MR) is 113 cm³/mol. The summed E-state index contributed by atoms with van der Waals surface area (Å²) in [6.07, 6.45) is 0.0111. The van der Waals surface area contributed by atoms with Gasteiger partial charge in [0.25, 0.3) is 5.91 Å². The van der Waals surface area contributed by atoms with Crippen molar-refractivity contribution in [3.63, 3.8) is 0 Å². The molecule has 29 heavy (non-hydrogen) atoms. The summed E-state index contributed by atoms with van der Waals surface area (Å²) >= 11 is 0. The SMILES string of the molecule is CC[C@@H](C)c1ccccc1NC(=O)[C@H](C)OC(=O)c1cc(-c2ccccc2)n[nH]1. The lowest BCUT2D eigenvalue weighted by atomic mass is 9.97. The van der Waals surface area contributed by atoms with Crippen LogP contribution >= 0.6 is 0 Å². The van der Waals surface area contributed by atoms with Crippen molar-refractivity contribution >= 4 is 17.6 Å². The summed E-state index contributed by atoms with van der Waals surface area (Å²) < 4.78 is 5.32. The molecule has 3 aromatic rings. The number of H-pyrrole nitrogens is 1. The molecule has 0 aliphatic heterocycles. The van der Waals surface area contributed by atoms with Crippen LogP contribution in [0.3, 0.4) is 0 Å². The maximum absolute atomic E-state index is 12.6. The minimum Gasteiger partial charge on any atom is -0.448 e. The number of ether oxygens (including phenoxy) is 1. The second-order valence-electron chi connectivity index (χ2n) is 6.97. The average Bonchev–Trinajstić information content (AvgIpc) is 3.24. The van der Waals surface area contributed by atoms with E-state index in [9.17, 15) is 9.59 Å². The molecule has 2 aromatic carbocycles. The maximum atomic E-state index is 12.6. The molecule has 0 unspecified atom stereocenters. The van der Waals surface area contributed by atoms with Gasteiger partial charge in [0.2, 0.25) is 0 Å². The van der Waals surface area contributed by atoms with Gasteiger partial charge in [-0.25, -0.2) is 4.79 Å². The molecule has 6 heteroatoms. The Bertz CT molecular complexity index is 982. The predicted octanol–water partition coefficient (Wildman–Crippen LogP) is 4.77. The molecule has 0 saturated heterocycles. The zero-order chi connectivity index (χ0) is 20.8. The number of esters is 1. The van der Waals surface area contributed by atoms with E-state index in [4.69, 9.17) is 4.74 Å². The van der Waals surface area contributed by atoms with Crippen LogP contribution in [0.4, 0.5) is 5.69 Å². The van der Waals surface area contributed by atoms with Crippen LogP contribution < -0.4 is 5.32 Å². The second-order valence-corrected chi connectivity index (χ2v) is 6.97. The molecule has 1 heterocycles. The van der Waals surface area contributed by atoms with Gasteiger partial charge < -0.3 is 10.1 Å². The van der Waals surface area contributed by atoms with Gasteiger partial charge >= 0.3 is 5.97 Å². The number of aromatic nitrogens is 2. The number of hydrogen-bond donors (Lipinski definition) is 2. The van der Waals surface area contributed by atoms with Crippen LogP contribution in [0, 0.1) is 0 Å². The van der Waals surface area contributed by atoms with E-state index < -0.39 is 12.1 Å². The maximum Gasteiger partial charge on any atom is 0.357 e. The lowest BCUT2D eigenvalue weighted by Gasteiger charge is -2.18. The van der Waals surface area contributed by atoms with E-state index in [1.165, 1.54) is 0 Å². The number of carbonyl (C=O) groups is 2. The molecule has 1 aromatic heterocycles. The van der Waals surface area contributed by atoms with E-state index >= 15 is 0 Å². The molecule has 0 spiro atoms. The molecule has 2 atom stereocenters. The molecule has 2 N–H and O–H groups in total. The number of aromatic amines is 1. The standard InChI is InChI=1S/C23H25N3O3/c1-4-15(2)18-12-8-9-13-19(18)24-22(27)16(3)29-23(28)21-14-20(25-26-21)17-10-6-5-7-11-17/h5-16H,4H2,1-3H3,(H,24,27)(H,25,26)/t15-,16+/m1/s1. The Morgan fingerprint density at radius 1 is 1.07 bits per heavy atom. The monoisotopic (exact) mass is 391 g/mol. The van der Waals surface area contributed by atoms with E-state index in [1.807, 2.05) is 54.6 Å². The van der Waals surface area contributed by atoms with Crippen LogP contribution in [-0.2, 0) is 9.53 Å². The van der Waals surface area contributed by atoms with Gasteiger partial charge in [-0.3, -0.25) is 9.89 Å². The van der Waals surface area contributed by atoms with Gasteiger partial charge in [-0.15, -0.1) is 0 Å². The van der Waals surface area contributed by atoms with Gasteiger partial charge in [-0.1, -0.05) is 62.4 Å². The Morgan fingerprint density at radius 3 is 2.48 bits per heavy atom. The van der Waals surface area contributed by atoms with E-state index in [2.05, 4.69) is 29.4 Å². The lowest BCUT2D eigenvalue weighted by Crippen LogP contribution is -2.30. The van der Waals surface area contributed by atoms with Crippen molar-refractivity contribution in [1.82, 2.24) is 10.2 Å². The van der Waals surface area contributed by atoms with Gasteiger partial charge in [-0.2, -0.15) is 5.10 Å². The first kappa shape index (κ1) is 20.3. The summed E-state index contributed by atoms with van der Waals surface area (Å²) in [6, 6.07) is 18.8. The molecular formula is C23H25N3O3. The fraction of sp³-hybridized carbons (Fsp3) is 0.261. The van der Waals surface area contributed by atoms with Crippen molar-refractivity contribution in [2.45, 2.75) is 39.2 Å². The normalized spacial score (nSPS) is 12.8. The van der Waals surface area contributed by atoms with Gasteiger partial charge in [0.1, 0.15) is 5.69 Å². The van der Waals surface area contributed by atoms with Gasteiger partial charge in [0.15, 0.2) is 6.10 Å². The number of para-hydroxylation sites is 1. The number of nitrogens with one attached hydrogen (secondary N) is 2. The molecule has 0 radical (unpaired) electrons. The minimum atomic E-state index is -0.948. The van der Waals surface area contributed by atoms with Crippen molar-refractivity contribution in [2.75, 3.05) is 5.32 Å². The van der Waals surface area contributed by atoms with Crippen LogP contribution in [0.5, 0.6) is 0 Å². The van der Waals surface area contributed by atoms with Gasteiger partial charge in [-0.05, 0) is 37.0 Å². The molecule has 0 aliphatic rings. The smallest absolute Gasteiger partial charge is 0.357 e. The van der Waals surface area contributed by atoms with Gasteiger partial charge in [0.05, 0.1) is 5.69 Å². The summed E-state index contributed by atoms with van der Waals surface area (Å²) in [5.41, 5.74) is 3.52. The fourth-order valence-electron chi connectivity index (χ4n) is 2.96. The summed E-state index contributed by atoms with van der Waals surface area (Å²) in [5.74, 6) is -0.694. The third-order valence-corrected chi connectivity index (χ3v) is 4.88. The number of nitrogens with zero attached hydrogens (tertiary/aromatic N) is 1. The highest BCUT2D eigenvalue weighted by Crippen LogP contribution is 2.26. The molecule has 150 valence electrons. The lowest BCUT2D eigenvalue weighted by molar-refractivity contribution is -0.123. The van der Waals surface area contributed by atoms with Crippen LogP contribution in [0.1, 0.15) is 49.2 Å². The quantitative estimate of drug-likeness (QED) is 0.568. The molecular weight excluding hydrogens is 366 g/mol. The Morgan fingerprint density at radius 2 is 1.76 bits per heavy atom. The molecule has 0 saturated carbocycles. The third kappa shape index (κ3) is 4.90. The summed E-state index contributed by atoms with van der Waals surface area (Å²) in [6.45, 7) is 5.76. The molecule has 0 bridgehead atoms. The number of hydrogen-bond acceptors (Lipinski definition) is 4. The van der Waals surface area contributed by atoms with Gasteiger partial charge in [0, 0.05) is 11.3 Å². The fourth-order valence-corrected chi connectivity index (χ4v) is 2.96. The van der Waals surface area contributed by atoms with Crippen molar-refractivity contribution in [1.29, 1.82) is 0 Å². The van der Waals surface area contributed by atoms with Crippen LogP contribution in [0.2, 0.25) is 0 Å². The Kier molecular flexibility index (Phi) is 6.44. The molecule has 3 rings (SSSR count). The first-order chi connectivity index (χ1) is 14.0. The average molecular weight is 391 g/mol. The van der Waals surface area contributed by atoms with Crippen LogP contribution in [0.15, 0.2) is 60.7 Å². The Balaban J connectivity index is 1.65. The summed E-state index contributed by atoms with van der Waals surface area (Å²) in [7, 11) is 0. The first-order valence-corrected chi connectivity index (χ1v) is 9.71. The summed E-state index contributed by atoms with van der Waals surface area (Å²) in [5, 5.41) is 9.69. The van der Waals surface area contributed by atoms with E-state index in [1.54, 1.807) is 13.0 Å². The molecule has 0 fully saturated rings. The molecule has 1 amide bonds. The highest BCUT2D eigenvalue weighted by molar-refractivity contribution is 5.97. The zero-order valence-electron chi connectivity index (χ0n) is 16.8. The highest BCUT2D eigenvalue weighted by atomic mass is 16.5. The number of anilines is 1. The van der Waals surface area contributed by atoms with E-state index in [-0.39, 0.29) is 11.6 Å². The zero-order valence-corrected chi connectivity index (χ0v) is 16.8. The number of carbonyl (C=O) groups excluding carboxylic acids is 2. The first-order valence-electron chi connectivity index (χ1n) is 9.71. The van der Waals surface area contributed by atoms with Crippen molar-refractivity contribution in [2.24, 2.45) is 0 Å². The topological polar surface area (TPSA) is 84.1 Å². The van der Waals surface area contributed by atoms with Crippen molar-refractivity contribution < 1.29 is 14.3 Å². The number of rotatable bonds is 7. The third-order valence-electron chi connectivity index (χ3n) is 4.88. The largest absolute Gasteiger partial charge is 0.448 e. The van der Waals surface area contributed by atoms with Crippen LogP contribution in [-0.4, -0.2) is 28.2 Å². The Hall–Kier alpha value is -3.41. The Labute approximate surface area is 170 Å². The second kappa shape index (κ2) is 9.19. The minimum absolute atomic E-state index is 0.198. The van der Waals surface area contributed by atoms with Crippen molar-refractivity contribution in [3.8, 4) is 11.3 Å². The highest BCUT2D eigenvalue weighted by Gasteiger charge is 2.22. The molecule has 6 nitrogen and oxygen atoms in total. The number of amides is 1. The van der Waals surface area contributed by atoms with Crippen molar-refractivity contribution in [3.05, 3.63) is 71.9 Å². The number of benzene rings is 2.